The quantitative estimate of drug-likeness (QED) is 0.501. The second-order valence-corrected chi connectivity index (χ2v) is 3.57. The first-order valence-corrected chi connectivity index (χ1v) is 4.27. The van der Waals surface area contributed by atoms with E-state index in [-0.39, 0.29) is 0 Å². The van der Waals surface area contributed by atoms with E-state index < -0.39 is 0 Å². The fourth-order valence-corrected chi connectivity index (χ4v) is 1.55. The fourth-order valence-electron chi connectivity index (χ4n) is 1.55. The average molecular weight is 162 g/mol. The van der Waals surface area contributed by atoms with Crippen LogP contribution in [-0.2, 0) is 0 Å². The molecule has 1 aliphatic rings. The Morgan fingerprint density at radius 1 is 1.42 bits per heavy atom. The van der Waals surface area contributed by atoms with Crippen LogP contribution in [0.15, 0.2) is 18.2 Å². The zero-order valence-corrected chi connectivity index (χ0v) is 7.54. The Balaban J connectivity index is 2.36. The van der Waals surface area contributed by atoms with E-state index in [1.807, 2.05) is 5.01 Å². The second kappa shape index (κ2) is 2.57. The molecule has 2 nitrogen and oxygen atoms in total. The molecule has 1 fully saturated rings. The van der Waals surface area contributed by atoms with Gasteiger partial charge < -0.3 is 0 Å². The molecular weight excluding hydrogens is 148 g/mol. The molecule has 12 heavy (non-hydrogen) atoms. The van der Waals surface area contributed by atoms with Gasteiger partial charge in [-0.3, -0.25) is 5.84 Å². The summed E-state index contributed by atoms with van der Waals surface area (Å²) < 4.78 is 0. The Morgan fingerprint density at radius 2 is 2.08 bits per heavy atom. The minimum atomic E-state index is 0.477. The largest absolute Gasteiger partial charge is 0.268 e. The highest BCUT2D eigenvalue weighted by Crippen LogP contribution is 2.33. The van der Waals surface area contributed by atoms with Gasteiger partial charge >= 0.3 is 0 Å². The maximum absolute atomic E-state index is 5.65. The number of aryl methyl sites for hydroxylation is 2. The van der Waals surface area contributed by atoms with Crippen molar-refractivity contribution >= 4 is 0 Å². The van der Waals surface area contributed by atoms with E-state index in [0.717, 1.165) is 6.54 Å². The van der Waals surface area contributed by atoms with E-state index in [1.54, 1.807) is 0 Å². The van der Waals surface area contributed by atoms with Crippen LogP contribution in [0.2, 0.25) is 0 Å². The molecule has 0 amide bonds. The zero-order valence-electron chi connectivity index (χ0n) is 7.54. The SMILES string of the molecule is Cc1ccc(C)c(C2CN2N)c1. The summed E-state index contributed by atoms with van der Waals surface area (Å²) in [7, 11) is 0. The maximum atomic E-state index is 5.65. The van der Waals surface area contributed by atoms with Crippen LogP contribution in [0.25, 0.3) is 0 Å². The van der Waals surface area contributed by atoms with E-state index >= 15 is 0 Å². The summed E-state index contributed by atoms with van der Waals surface area (Å²) in [5.41, 5.74) is 4.05. The molecule has 1 aromatic carbocycles. The number of hydrogen-bond acceptors (Lipinski definition) is 2. The molecule has 0 radical (unpaired) electrons. The topological polar surface area (TPSA) is 29.0 Å². The molecule has 1 aromatic rings. The standard InChI is InChI=1S/C10H14N2/c1-7-3-4-8(2)9(5-7)10-6-12(10)11/h3-5,10H,6,11H2,1-2H3. The molecule has 0 spiro atoms. The molecule has 2 atom stereocenters. The normalized spacial score (nSPS) is 27.2. The van der Waals surface area contributed by atoms with Crippen molar-refractivity contribution in [2.75, 3.05) is 6.54 Å². The van der Waals surface area contributed by atoms with Crippen molar-refractivity contribution in [1.29, 1.82) is 0 Å². The zero-order chi connectivity index (χ0) is 8.72. The number of benzene rings is 1. The lowest BCUT2D eigenvalue weighted by Gasteiger charge is -2.04. The monoisotopic (exact) mass is 162 g/mol. The van der Waals surface area contributed by atoms with Crippen LogP contribution >= 0.6 is 0 Å². The molecule has 64 valence electrons. The first kappa shape index (κ1) is 7.77. The van der Waals surface area contributed by atoms with Gasteiger partial charge in [-0.15, -0.1) is 0 Å². The summed E-state index contributed by atoms with van der Waals surface area (Å²) in [6, 6.07) is 7.01. The first-order valence-electron chi connectivity index (χ1n) is 4.27. The summed E-state index contributed by atoms with van der Waals surface area (Å²) in [6.07, 6.45) is 0. The van der Waals surface area contributed by atoms with Crippen molar-refractivity contribution in [3.63, 3.8) is 0 Å². The van der Waals surface area contributed by atoms with Crippen LogP contribution in [0.4, 0.5) is 0 Å². The van der Waals surface area contributed by atoms with Gasteiger partial charge in [-0.05, 0) is 25.0 Å². The van der Waals surface area contributed by atoms with Crippen LogP contribution in [-0.4, -0.2) is 11.6 Å². The third kappa shape index (κ3) is 1.24. The molecule has 1 heterocycles. The second-order valence-electron chi connectivity index (χ2n) is 3.57. The molecule has 1 aliphatic heterocycles. The van der Waals surface area contributed by atoms with Crippen molar-refractivity contribution in [1.82, 2.24) is 5.01 Å². The van der Waals surface area contributed by atoms with Crippen molar-refractivity contribution in [3.05, 3.63) is 34.9 Å². The summed E-state index contributed by atoms with van der Waals surface area (Å²) >= 11 is 0. The number of rotatable bonds is 1. The summed E-state index contributed by atoms with van der Waals surface area (Å²) in [5.74, 6) is 5.65. The van der Waals surface area contributed by atoms with Gasteiger partial charge in [-0.25, -0.2) is 5.01 Å². The van der Waals surface area contributed by atoms with Gasteiger partial charge in [-0.2, -0.15) is 0 Å². The molecule has 0 saturated carbocycles. The fraction of sp³-hybridized carbons (Fsp3) is 0.400. The third-order valence-corrected chi connectivity index (χ3v) is 2.44. The molecule has 2 N–H and O–H groups in total. The van der Waals surface area contributed by atoms with Gasteiger partial charge in [0, 0.05) is 6.54 Å². The molecular formula is C10H14N2. The van der Waals surface area contributed by atoms with Crippen LogP contribution in [0, 0.1) is 13.8 Å². The summed E-state index contributed by atoms with van der Waals surface area (Å²) in [5, 5.41) is 1.86. The van der Waals surface area contributed by atoms with Gasteiger partial charge in [0.2, 0.25) is 0 Å². The van der Waals surface area contributed by atoms with E-state index in [0.29, 0.717) is 6.04 Å². The Kier molecular flexibility index (Phi) is 1.67. The minimum absolute atomic E-state index is 0.477. The van der Waals surface area contributed by atoms with Crippen molar-refractivity contribution in [2.24, 2.45) is 5.84 Å². The number of hydrogen-bond donors (Lipinski definition) is 1. The van der Waals surface area contributed by atoms with Gasteiger partial charge in [0.25, 0.3) is 0 Å². The Bertz CT molecular complexity index is 307. The minimum Gasteiger partial charge on any atom is -0.268 e. The maximum Gasteiger partial charge on any atom is 0.0635 e. The highest BCUT2D eigenvalue weighted by Gasteiger charge is 2.33. The first-order chi connectivity index (χ1) is 5.68. The van der Waals surface area contributed by atoms with Crippen molar-refractivity contribution < 1.29 is 0 Å². The molecule has 0 aliphatic carbocycles. The molecule has 1 saturated heterocycles. The van der Waals surface area contributed by atoms with Crippen molar-refractivity contribution in [2.45, 2.75) is 19.9 Å². The Morgan fingerprint density at radius 3 is 2.67 bits per heavy atom. The Hall–Kier alpha value is -0.860. The highest BCUT2D eigenvalue weighted by molar-refractivity contribution is 5.35. The Labute approximate surface area is 73.0 Å². The van der Waals surface area contributed by atoms with Crippen LogP contribution in [0.1, 0.15) is 22.7 Å². The molecule has 0 aromatic heterocycles. The van der Waals surface area contributed by atoms with Gasteiger partial charge in [-0.1, -0.05) is 23.8 Å². The average Bonchev–Trinajstić information content (AvgIpc) is 2.73. The molecule has 0 bridgehead atoms. The highest BCUT2D eigenvalue weighted by atomic mass is 15.5. The number of nitrogens with zero attached hydrogens (tertiary/aromatic N) is 1. The van der Waals surface area contributed by atoms with Gasteiger partial charge in [0.1, 0.15) is 0 Å². The molecule has 2 unspecified atom stereocenters. The van der Waals surface area contributed by atoms with Crippen LogP contribution < -0.4 is 5.84 Å². The number of nitrogens with two attached hydrogens (primary N) is 1. The van der Waals surface area contributed by atoms with E-state index in [2.05, 4.69) is 32.0 Å². The predicted molar refractivity (Wildman–Crippen MR) is 49.6 cm³/mol. The lowest BCUT2D eigenvalue weighted by Crippen LogP contribution is -2.06. The lowest BCUT2D eigenvalue weighted by atomic mass is 10.0. The molecule has 2 rings (SSSR count). The lowest BCUT2D eigenvalue weighted by molar-refractivity contribution is 0.547. The van der Waals surface area contributed by atoms with E-state index in [1.165, 1.54) is 16.7 Å². The predicted octanol–water partition coefficient (Wildman–Crippen LogP) is 1.53. The summed E-state index contributed by atoms with van der Waals surface area (Å²) in [6.45, 7) is 5.26. The van der Waals surface area contributed by atoms with E-state index in [9.17, 15) is 0 Å². The van der Waals surface area contributed by atoms with E-state index in [4.69, 9.17) is 5.84 Å². The third-order valence-electron chi connectivity index (χ3n) is 2.44. The smallest absolute Gasteiger partial charge is 0.0635 e. The molecule has 2 heteroatoms. The summed E-state index contributed by atoms with van der Waals surface area (Å²) in [4.78, 5) is 0. The number of hydrazine groups is 1. The van der Waals surface area contributed by atoms with Gasteiger partial charge in [0.05, 0.1) is 6.04 Å². The van der Waals surface area contributed by atoms with Gasteiger partial charge in [0.15, 0.2) is 0 Å². The van der Waals surface area contributed by atoms with Crippen LogP contribution in [0.5, 0.6) is 0 Å². The van der Waals surface area contributed by atoms with Crippen LogP contribution in [0.3, 0.4) is 0 Å². The van der Waals surface area contributed by atoms with Crippen molar-refractivity contribution in [3.8, 4) is 0 Å².